The average Bonchev–Trinajstić information content (AvgIpc) is 3.10. The van der Waals surface area contributed by atoms with Gasteiger partial charge in [-0.15, -0.1) is 0 Å². The maximum absolute atomic E-state index is 6.59. The number of nitrogen functional groups attached to an aromatic ring is 1. The van der Waals surface area contributed by atoms with Gasteiger partial charge in [0, 0.05) is 23.0 Å². The Kier molecular flexibility index (Phi) is 4.89. The van der Waals surface area contributed by atoms with Gasteiger partial charge in [0.25, 0.3) is 0 Å². The number of aryl methyl sites for hydroxylation is 1. The molecule has 0 spiro atoms. The van der Waals surface area contributed by atoms with E-state index in [2.05, 4.69) is 70.2 Å². The summed E-state index contributed by atoms with van der Waals surface area (Å²) in [7, 11) is 0. The molecule has 1 aromatic carbocycles. The molecule has 2 saturated carbocycles. The van der Waals surface area contributed by atoms with Crippen molar-refractivity contribution in [1.82, 2.24) is 19.5 Å². The van der Waals surface area contributed by atoms with Crippen LogP contribution in [0.15, 0.2) is 48.9 Å². The van der Waals surface area contributed by atoms with Gasteiger partial charge >= 0.3 is 0 Å². The Bertz CT molecular complexity index is 1510. The van der Waals surface area contributed by atoms with E-state index in [0.717, 1.165) is 47.0 Å². The topological polar surface area (TPSA) is 100 Å². The number of hydrogen-bond donors (Lipinski definition) is 2. The maximum Gasteiger partial charge on any atom is 0.163 e. The molecule has 1 aliphatic heterocycles. The Labute approximate surface area is 216 Å². The standard InChI is InChI=1S/C29H34N6O2/c1-16(2)33-22-8-7-18-6-5-17(13-21(18)34-22)9-11-29-14-20(29)23(24-25(29)37-28(3,4)36-24)35-12-10-19-26(30)31-15-32-27(19)35/h5-8,10,12-13,15-16,20,23-25H,9,11,14H2,1-4H3,(H,33,34)(H2,30,31,32)/t20-,23-,24+,25+,29+/m1/s1. The summed E-state index contributed by atoms with van der Waals surface area (Å²) in [5.41, 5.74) is 9.46. The van der Waals surface area contributed by atoms with Crippen molar-refractivity contribution in [1.29, 1.82) is 0 Å². The fourth-order valence-electron chi connectivity index (χ4n) is 6.94. The number of rotatable bonds is 6. The second-order valence-corrected chi connectivity index (χ2v) is 11.8. The van der Waals surface area contributed by atoms with Crippen LogP contribution in [0.5, 0.6) is 0 Å². The molecule has 3 aliphatic rings. The van der Waals surface area contributed by atoms with Gasteiger partial charge in [-0.25, -0.2) is 15.0 Å². The molecule has 2 aliphatic carbocycles. The lowest BCUT2D eigenvalue weighted by molar-refractivity contribution is -0.161. The van der Waals surface area contributed by atoms with Crippen LogP contribution >= 0.6 is 0 Å². The van der Waals surface area contributed by atoms with E-state index in [4.69, 9.17) is 20.2 Å². The normalized spacial score (nSPS) is 29.6. The van der Waals surface area contributed by atoms with Crippen LogP contribution < -0.4 is 11.1 Å². The van der Waals surface area contributed by atoms with Crippen LogP contribution in [0.3, 0.4) is 0 Å². The lowest BCUT2D eigenvalue weighted by Gasteiger charge is -2.24. The summed E-state index contributed by atoms with van der Waals surface area (Å²) < 4.78 is 15.4. The summed E-state index contributed by atoms with van der Waals surface area (Å²) in [5.74, 6) is 1.31. The monoisotopic (exact) mass is 498 g/mol. The molecule has 0 bridgehead atoms. The van der Waals surface area contributed by atoms with Crippen LogP contribution in [0.2, 0.25) is 0 Å². The second kappa shape index (κ2) is 7.88. The molecule has 5 atom stereocenters. The second-order valence-electron chi connectivity index (χ2n) is 11.8. The Hall–Kier alpha value is -3.23. The van der Waals surface area contributed by atoms with Crippen LogP contribution in [0, 0.1) is 11.3 Å². The zero-order valence-corrected chi connectivity index (χ0v) is 21.8. The molecule has 4 aromatic rings. The van der Waals surface area contributed by atoms with Gasteiger partial charge in [0.2, 0.25) is 0 Å². The molecular formula is C29H34N6O2. The van der Waals surface area contributed by atoms with Gasteiger partial charge in [-0.1, -0.05) is 12.1 Å². The first kappa shape index (κ1) is 22.9. The van der Waals surface area contributed by atoms with Crippen molar-refractivity contribution in [3.63, 3.8) is 0 Å². The third kappa shape index (κ3) is 3.61. The third-order valence-corrected chi connectivity index (χ3v) is 8.56. The van der Waals surface area contributed by atoms with Crippen molar-refractivity contribution in [3.05, 3.63) is 54.5 Å². The molecule has 3 aromatic heterocycles. The average molecular weight is 499 g/mol. The highest BCUT2D eigenvalue weighted by Crippen LogP contribution is 2.73. The molecule has 0 radical (unpaired) electrons. The zero-order valence-electron chi connectivity index (χ0n) is 21.8. The number of hydrogen-bond acceptors (Lipinski definition) is 7. The molecule has 3 N–H and O–H groups in total. The molecule has 4 heterocycles. The Morgan fingerprint density at radius 2 is 1.97 bits per heavy atom. The largest absolute Gasteiger partial charge is 0.383 e. The summed E-state index contributed by atoms with van der Waals surface area (Å²) in [6.07, 6.45) is 6.87. The quantitative estimate of drug-likeness (QED) is 0.382. The zero-order chi connectivity index (χ0) is 25.5. The summed E-state index contributed by atoms with van der Waals surface area (Å²) >= 11 is 0. The fourth-order valence-corrected chi connectivity index (χ4v) is 6.94. The van der Waals surface area contributed by atoms with Crippen LogP contribution in [-0.2, 0) is 15.9 Å². The molecule has 3 fully saturated rings. The Morgan fingerprint density at radius 3 is 2.81 bits per heavy atom. The Balaban J connectivity index is 1.18. The molecule has 1 saturated heterocycles. The first-order chi connectivity index (χ1) is 17.7. The van der Waals surface area contributed by atoms with Gasteiger partial charge in [0.15, 0.2) is 5.79 Å². The van der Waals surface area contributed by atoms with E-state index in [1.54, 1.807) is 6.33 Å². The molecule has 192 valence electrons. The van der Waals surface area contributed by atoms with Gasteiger partial charge in [-0.3, -0.25) is 0 Å². The highest BCUT2D eigenvalue weighted by Gasteiger charge is 2.75. The predicted octanol–water partition coefficient (Wildman–Crippen LogP) is 5.10. The van der Waals surface area contributed by atoms with E-state index in [1.807, 2.05) is 19.9 Å². The number of nitrogens with one attached hydrogen (secondary N) is 1. The summed E-state index contributed by atoms with van der Waals surface area (Å²) in [6.45, 7) is 8.31. The van der Waals surface area contributed by atoms with Crippen LogP contribution in [-0.4, -0.2) is 43.6 Å². The van der Waals surface area contributed by atoms with E-state index < -0.39 is 5.79 Å². The van der Waals surface area contributed by atoms with E-state index in [1.165, 1.54) is 5.56 Å². The van der Waals surface area contributed by atoms with Crippen molar-refractivity contribution in [2.45, 2.75) is 77.0 Å². The lowest BCUT2D eigenvalue weighted by atomic mass is 9.91. The molecule has 8 nitrogen and oxygen atoms in total. The summed E-state index contributed by atoms with van der Waals surface area (Å²) in [6, 6.07) is 13.4. The minimum absolute atomic E-state index is 0.0107. The van der Waals surface area contributed by atoms with Crippen LogP contribution in [0.25, 0.3) is 21.9 Å². The van der Waals surface area contributed by atoms with E-state index in [-0.39, 0.29) is 23.7 Å². The minimum atomic E-state index is -0.599. The molecule has 0 amide bonds. The van der Waals surface area contributed by atoms with Crippen LogP contribution in [0.1, 0.15) is 52.1 Å². The van der Waals surface area contributed by atoms with Crippen molar-refractivity contribution in [2.24, 2.45) is 11.3 Å². The van der Waals surface area contributed by atoms with Gasteiger partial charge in [-0.05, 0) is 82.7 Å². The van der Waals surface area contributed by atoms with Gasteiger partial charge in [0.05, 0.1) is 23.0 Å². The predicted molar refractivity (Wildman–Crippen MR) is 144 cm³/mol. The highest BCUT2D eigenvalue weighted by molar-refractivity contribution is 5.86. The number of nitrogens with zero attached hydrogens (tertiary/aromatic N) is 4. The van der Waals surface area contributed by atoms with Gasteiger partial charge in [-0.2, -0.15) is 0 Å². The molecular weight excluding hydrogens is 464 g/mol. The maximum atomic E-state index is 6.59. The van der Waals surface area contributed by atoms with E-state index in [0.29, 0.717) is 17.8 Å². The highest BCUT2D eigenvalue weighted by atomic mass is 16.8. The van der Waals surface area contributed by atoms with Crippen molar-refractivity contribution < 1.29 is 9.47 Å². The number of benzene rings is 1. The van der Waals surface area contributed by atoms with E-state index >= 15 is 0 Å². The number of pyridine rings is 1. The number of aromatic nitrogens is 4. The number of nitrogens with two attached hydrogens (primary N) is 1. The first-order valence-electron chi connectivity index (χ1n) is 13.3. The van der Waals surface area contributed by atoms with Gasteiger partial charge in [0.1, 0.15) is 29.7 Å². The van der Waals surface area contributed by atoms with E-state index in [9.17, 15) is 0 Å². The first-order valence-corrected chi connectivity index (χ1v) is 13.3. The molecule has 0 unspecified atom stereocenters. The van der Waals surface area contributed by atoms with Crippen molar-refractivity contribution >= 4 is 33.6 Å². The number of ether oxygens (including phenoxy) is 2. The summed E-state index contributed by atoms with van der Waals surface area (Å²) in [4.78, 5) is 13.6. The lowest BCUT2D eigenvalue weighted by Crippen LogP contribution is -2.32. The van der Waals surface area contributed by atoms with Crippen molar-refractivity contribution in [3.8, 4) is 0 Å². The summed E-state index contributed by atoms with van der Waals surface area (Å²) in [5, 5.41) is 5.47. The minimum Gasteiger partial charge on any atom is -0.383 e. The number of anilines is 2. The van der Waals surface area contributed by atoms with Gasteiger partial charge < -0.3 is 25.1 Å². The fraction of sp³-hybridized carbons (Fsp3) is 0.483. The SMILES string of the molecule is CC(C)Nc1ccc2ccc(CC[C@]34C[C@@H]3[C@@H](n3ccc5c(N)ncnc53)[C@@H]3OC(C)(C)O[C@@H]34)cc2n1. The van der Waals surface area contributed by atoms with Crippen molar-refractivity contribution in [2.75, 3.05) is 11.1 Å². The third-order valence-electron chi connectivity index (χ3n) is 8.56. The van der Waals surface area contributed by atoms with Crippen LogP contribution in [0.4, 0.5) is 11.6 Å². The molecule has 7 rings (SSSR count). The molecule has 37 heavy (non-hydrogen) atoms. The molecule has 8 heteroatoms. The Morgan fingerprint density at radius 1 is 1.14 bits per heavy atom. The number of fused-ring (bicyclic) bond motifs is 5. The smallest absolute Gasteiger partial charge is 0.163 e.